The molecule has 2 amide bonds. The number of aryl methyl sites for hydroxylation is 1. The summed E-state index contributed by atoms with van der Waals surface area (Å²) in [5.41, 5.74) is 1.05. The second-order valence-corrected chi connectivity index (χ2v) is 5.12. The number of nitrogens with zero attached hydrogens (tertiary/aromatic N) is 5. The van der Waals surface area contributed by atoms with Gasteiger partial charge >= 0.3 is 12.6 Å². The minimum Gasteiger partial charge on any atom is -0.331 e. The number of carbonyl (C=O) groups excluding carboxylic acids is 1. The van der Waals surface area contributed by atoms with Gasteiger partial charge in [-0.15, -0.1) is 0 Å². The van der Waals surface area contributed by atoms with Crippen LogP contribution in [0.5, 0.6) is 0 Å². The Bertz CT molecular complexity index is 857. The van der Waals surface area contributed by atoms with Gasteiger partial charge in [0.1, 0.15) is 18.0 Å². The number of nitrogens with one attached hydrogen (secondary N) is 2. The van der Waals surface area contributed by atoms with Crippen molar-refractivity contribution in [2.24, 2.45) is 7.05 Å². The highest BCUT2D eigenvalue weighted by molar-refractivity contribution is 5.89. The number of hydrogen-bond acceptors (Lipinski definition) is 4. The van der Waals surface area contributed by atoms with Crippen LogP contribution in [0.15, 0.2) is 43.0 Å². The van der Waals surface area contributed by atoms with Crippen LogP contribution in [0.4, 0.5) is 19.3 Å². The van der Waals surface area contributed by atoms with E-state index in [1.54, 1.807) is 36.0 Å². The molecule has 3 rings (SSSR count). The van der Waals surface area contributed by atoms with Crippen LogP contribution in [-0.2, 0) is 13.6 Å². The van der Waals surface area contributed by atoms with Gasteiger partial charge in [-0.3, -0.25) is 9.25 Å². The molecule has 0 fully saturated rings. The molecule has 0 atom stereocenters. The third-order valence-corrected chi connectivity index (χ3v) is 3.49. The molecule has 3 aromatic rings. The summed E-state index contributed by atoms with van der Waals surface area (Å²) in [7, 11) is 1.73. The maximum atomic E-state index is 12.9. The summed E-state index contributed by atoms with van der Waals surface area (Å²) in [6.07, 6.45) is 3.93. The van der Waals surface area contributed by atoms with E-state index >= 15 is 0 Å². The van der Waals surface area contributed by atoms with E-state index < -0.39 is 12.6 Å². The van der Waals surface area contributed by atoms with Crippen LogP contribution < -0.4 is 10.6 Å². The first-order chi connectivity index (χ1) is 12.0. The number of carbonyl (C=O) groups is 1. The van der Waals surface area contributed by atoms with E-state index in [2.05, 4.69) is 25.7 Å². The van der Waals surface area contributed by atoms with E-state index in [1.165, 1.54) is 18.7 Å². The third-order valence-electron chi connectivity index (χ3n) is 3.49. The van der Waals surface area contributed by atoms with Crippen LogP contribution >= 0.6 is 0 Å². The molecule has 0 saturated heterocycles. The van der Waals surface area contributed by atoms with Crippen molar-refractivity contribution in [3.8, 4) is 11.4 Å². The highest BCUT2D eigenvalue weighted by atomic mass is 19.3. The minimum atomic E-state index is -2.67. The summed E-state index contributed by atoms with van der Waals surface area (Å²) >= 11 is 0. The van der Waals surface area contributed by atoms with Crippen molar-refractivity contribution in [2.45, 2.75) is 13.1 Å². The molecule has 8 nitrogen and oxygen atoms in total. The fourth-order valence-electron chi connectivity index (χ4n) is 2.21. The molecule has 0 unspecified atom stereocenters. The van der Waals surface area contributed by atoms with Gasteiger partial charge in [0.25, 0.3) is 0 Å². The number of urea groups is 1. The van der Waals surface area contributed by atoms with Crippen molar-refractivity contribution < 1.29 is 13.6 Å². The summed E-state index contributed by atoms with van der Waals surface area (Å²) in [6, 6.07) is 6.03. The average molecular weight is 347 g/mol. The molecule has 130 valence electrons. The highest BCUT2D eigenvalue weighted by Gasteiger charge is 2.13. The largest absolute Gasteiger partial charge is 0.331 e. The molecule has 0 aliphatic heterocycles. The smallest absolute Gasteiger partial charge is 0.320 e. The molecule has 0 saturated carbocycles. The van der Waals surface area contributed by atoms with Gasteiger partial charge in [-0.05, 0) is 24.3 Å². The van der Waals surface area contributed by atoms with E-state index in [0.717, 1.165) is 4.57 Å². The molecule has 0 bridgehead atoms. The summed E-state index contributed by atoms with van der Waals surface area (Å²) in [5.74, 6) is 0.776. The zero-order valence-corrected chi connectivity index (χ0v) is 13.2. The number of rotatable bonds is 5. The summed E-state index contributed by atoms with van der Waals surface area (Å²) in [6.45, 7) is -2.44. The number of alkyl halides is 2. The lowest BCUT2D eigenvalue weighted by Crippen LogP contribution is -2.29. The maximum absolute atomic E-state index is 12.9. The monoisotopic (exact) mass is 347 g/mol. The molecular formula is C15H15F2N7O. The van der Waals surface area contributed by atoms with E-state index in [4.69, 9.17) is 0 Å². The molecule has 10 heteroatoms. The van der Waals surface area contributed by atoms with Crippen molar-refractivity contribution in [3.63, 3.8) is 0 Å². The van der Waals surface area contributed by atoms with Crippen LogP contribution in [0.3, 0.4) is 0 Å². The molecule has 2 N–H and O–H groups in total. The number of anilines is 1. The topological polar surface area (TPSA) is 89.7 Å². The molecule has 25 heavy (non-hydrogen) atoms. The first-order valence-electron chi connectivity index (χ1n) is 7.34. The minimum absolute atomic E-state index is 0.160. The van der Waals surface area contributed by atoms with Crippen molar-refractivity contribution >= 4 is 11.7 Å². The normalized spacial score (nSPS) is 10.9. The van der Waals surface area contributed by atoms with Crippen LogP contribution in [0.1, 0.15) is 12.4 Å². The predicted octanol–water partition coefficient (Wildman–Crippen LogP) is 2.40. The SMILES string of the molecule is Cn1ncnc1CNC(=O)Nc1ccc(-c2nccn2C(F)F)cc1. The van der Waals surface area contributed by atoms with Gasteiger partial charge in [0.15, 0.2) is 0 Å². The first kappa shape index (κ1) is 16.6. The van der Waals surface area contributed by atoms with Crippen LogP contribution in [-0.4, -0.2) is 30.3 Å². The van der Waals surface area contributed by atoms with E-state index in [0.29, 0.717) is 17.1 Å². The Morgan fingerprint density at radius 2 is 2.00 bits per heavy atom. The Hall–Kier alpha value is -3.30. The van der Waals surface area contributed by atoms with E-state index in [9.17, 15) is 13.6 Å². The Morgan fingerprint density at radius 3 is 2.64 bits per heavy atom. The molecule has 0 aliphatic rings. The summed E-state index contributed by atoms with van der Waals surface area (Å²) < 4.78 is 28.1. The zero-order valence-electron chi connectivity index (χ0n) is 13.2. The fraction of sp³-hybridized carbons (Fsp3) is 0.200. The molecule has 1 aromatic carbocycles. The van der Waals surface area contributed by atoms with Gasteiger partial charge in [0.2, 0.25) is 0 Å². The van der Waals surface area contributed by atoms with Crippen molar-refractivity contribution in [1.82, 2.24) is 29.6 Å². The van der Waals surface area contributed by atoms with E-state index in [-0.39, 0.29) is 12.4 Å². The van der Waals surface area contributed by atoms with Gasteiger partial charge in [0, 0.05) is 30.7 Å². The molecule has 0 aliphatic carbocycles. The Morgan fingerprint density at radius 1 is 1.24 bits per heavy atom. The number of imidazole rings is 1. The van der Waals surface area contributed by atoms with Gasteiger partial charge in [-0.1, -0.05) is 0 Å². The quantitative estimate of drug-likeness (QED) is 0.742. The van der Waals surface area contributed by atoms with Crippen LogP contribution in [0, 0.1) is 0 Å². The average Bonchev–Trinajstić information content (AvgIpc) is 3.23. The van der Waals surface area contributed by atoms with Gasteiger partial charge in [-0.25, -0.2) is 14.8 Å². The number of hydrogen-bond donors (Lipinski definition) is 2. The summed E-state index contributed by atoms with van der Waals surface area (Å²) in [4.78, 5) is 19.8. The molecule has 2 heterocycles. The molecular weight excluding hydrogens is 332 g/mol. The van der Waals surface area contributed by atoms with Gasteiger partial charge < -0.3 is 10.6 Å². The Kier molecular flexibility index (Phi) is 4.68. The summed E-state index contributed by atoms with van der Waals surface area (Å²) in [5, 5.41) is 9.21. The Labute approximate surface area is 141 Å². The van der Waals surface area contributed by atoms with Crippen molar-refractivity contribution in [3.05, 3.63) is 48.8 Å². The number of aromatic nitrogens is 5. The molecule has 0 spiro atoms. The highest BCUT2D eigenvalue weighted by Crippen LogP contribution is 2.24. The van der Waals surface area contributed by atoms with Crippen LogP contribution in [0.2, 0.25) is 0 Å². The second-order valence-electron chi connectivity index (χ2n) is 5.12. The van der Waals surface area contributed by atoms with Gasteiger partial charge in [-0.2, -0.15) is 13.9 Å². The van der Waals surface area contributed by atoms with E-state index in [1.807, 2.05) is 0 Å². The third kappa shape index (κ3) is 3.79. The molecule has 2 aromatic heterocycles. The van der Waals surface area contributed by atoms with Crippen molar-refractivity contribution in [2.75, 3.05) is 5.32 Å². The predicted molar refractivity (Wildman–Crippen MR) is 85.8 cm³/mol. The van der Waals surface area contributed by atoms with Crippen molar-refractivity contribution in [1.29, 1.82) is 0 Å². The number of benzene rings is 1. The lowest BCUT2D eigenvalue weighted by molar-refractivity contribution is 0.0720. The number of halogens is 2. The molecule has 0 radical (unpaired) electrons. The Balaban J connectivity index is 1.61. The maximum Gasteiger partial charge on any atom is 0.320 e. The standard InChI is InChI=1S/C15H15F2N7O/c1-23-12(20-9-21-23)8-19-15(25)22-11-4-2-10(3-5-11)13-18-6-7-24(13)14(16)17/h2-7,9,14H,8H2,1H3,(H2,19,22,25). The second kappa shape index (κ2) is 7.07. The van der Waals surface area contributed by atoms with Gasteiger partial charge in [0.05, 0.1) is 6.54 Å². The fourth-order valence-corrected chi connectivity index (χ4v) is 2.21. The first-order valence-corrected chi connectivity index (χ1v) is 7.34. The lowest BCUT2D eigenvalue weighted by atomic mass is 10.2. The lowest BCUT2D eigenvalue weighted by Gasteiger charge is -2.09. The van der Waals surface area contributed by atoms with Crippen LogP contribution in [0.25, 0.3) is 11.4 Å². The number of amides is 2. The zero-order chi connectivity index (χ0) is 17.8.